The molecule has 1 aromatic heterocycles. The van der Waals surface area contributed by atoms with Crippen molar-refractivity contribution in [1.29, 1.82) is 0 Å². The van der Waals surface area contributed by atoms with Gasteiger partial charge < -0.3 is 10.6 Å². The summed E-state index contributed by atoms with van der Waals surface area (Å²) < 4.78 is 0. The molecule has 0 unspecified atom stereocenters. The van der Waals surface area contributed by atoms with Crippen molar-refractivity contribution < 1.29 is 9.59 Å². The number of benzene rings is 1. The smallest absolute Gasteiger partial charge is 0.256 e. The van der Waals surface area contributed by atoms with E-state index in [0.29, 0.717) is 12.0 Å². The van der Waals surface area contributed by atoms with Gasteiger partial charge >= 0.3 is 0 Å². The van der Waals surface area contributed by atoms with Gasteiger partial charge in [0.05, 0.1) is 0 Å². The number of fused-ring (bicyclic) bond motifs is 1. The fraction of sp³-hybridized carbons (Fsp3) is 0.278. The zero-order valence-electron chi connectivity index (χ0n) is 13.1. The quantitative estimate of drug-likeness (QED) is 0.915. The minimum Gasteiger partial charge on any atom is -0.326 e. The number of carbonyl (C=O) groups excluding carboxylic acids is 2. The van der Waals surface area contributed by atoms with E-state index in [1.54, 1.807) is 18.5 Å². The summed E-state index contributed by atoms with van der Waals surface area (Å²) in [6.07, 6.45) is 6.29. The molecular weight excluding hydrogens is 290 g/mol. The van der Waals surface area contributed by atoms with E-state index in [0.717, 1.165) is 41.8 Å². The molecule has 0 spiro atoms. The van der Waals surface area contributed by atoms with Crippen LogP contribution in [0.5, 0.6) is 0 Å². The van der Waals surface area contributed by atoms with E-state index < -0.39 is 0 Å². The lowest BCUT2D eigenvalue weighted by Crippen LogP contribution is -2.15. The minimum absolute atomic E-state index is 0.0462. The Labute approximate surface area is 135 Å². The molecule has 0 radical (unpaired) electrons. The normalized spacial score (nSPS) is 13.7. The second kappa shape index (κ2) is 6.60. The van der Waals surface area contributed by atoms with Gasteiger partial charge in [-0.15, -0.1) is 0 Å². The summed E-state index contributed by atoms with van der Waals surface area (Å²) >= 11 is 0. The molecule has 2 N–H and O–H groups in total. The fourth-order valence-corrected chi connectivity index (χ4v) is 2.78. The van der Waals surface area contributed by atoms with E-state index >= 15 is 0 Å². The van der Waals surface area contributed by atoms with E-state index in [4.69, 9.17) is 0 Å². The zero-order valence-corrected chi connectivity index (χ0v) is 13.1. The van der Waals surface area contributed by atoms with Crippen LogP contribution in [0.4, 0.5) is 11.4 Å². The molecule has 2 amide bonds. The second-order valence-electron chi connectivity index (χ2n) is 5.61. The Morgan fingerprint density at radius 2 is 2.17 bits per heavy atom. The number of hydrogen-bond acceptors (Lipinski definition) is 3. The lowest BCUT2D eigenvalue weighted by molar-refractivity contribution is -0.116. The Kier molecular flexibility index (Phi) is 4.37. The van der Waals surface area contributed by atoms with Crippen LogP contribution in [-0.4, -0.2) is 16.8 Å². The van der Waals surface area contributed by atoms with Crippen LogP contribution in [0.1, 0.15) is 41.3 Å². The van der Waals surface area contributed by atoms with Gasteiger partial charge in [-0.3, -0.25) is 14.6 Å². The number of anilines is 2. The molecule has 5 heteroatoms. The van der Waals surface area contributed by atoms with Crippen LogP contribution < -0.4 is 10.6 Å². The van der Waals surface area contributed by atoms with E-state index in [-0.39, 0.29) is 11.8 Å². The molecule has 0 fully saturated rings. The van der Waals surface area contributed by atoms with Gasteiger partial charge in [-0.05, 0) is 54.7 Å². The van der Waals surface area contributed by atoms with Crippen molar-refractivity contribution in [3.8, 4) is 0 Å². The highest BCUT2D eigenvalue weighted by Gasteiger charge is 2.15. The number of nitrogens with one attached hydrogen (secondary N) is 2. The van der Waals surface area contributed by atoms with Gasteiger partial charge in [-0.25, -0.2) is 0 Å². The highest BCUT2D eigenvalue weighted by molar-refractivity contribution is 6.05. The van der Waals surface area contributed by atoms with Gasteiger partial charge in [0.2, 0.25) is 5.91 Å². The van der Waals surface area contributed by atoms with Crippen LogP contribution in [0.2, 0.25) is 0 Å². The molecule has 0 saturated carbocycles. The summed E-state index contributed by atoms with van der Waals surface area (Å²) in [6.45, 7) is 2.00. The molecule has 0 atom stereocenters. The second-order valence-corrected chi connectivity index (χ2v) is 5.61. The summed E-state index contributed by atoms with van der Waals surface area (Å²) in [5.74, 6) is -0.0910. The Hall–Kier alpha value is -2.69. The van der Waals surface area contributed by atoms with Crippen molar-refractivity contribution in [2.75, 3.05) is 10.6 Å². The number of nitrogens with zero attached hydrogens (tertiary/aromatic N) is 1. The van der Waals surface area contributed by atoms with Crippen LogP contribution in [0, 0.1) is 0 Å². The molecule has 0 saturated heterocycles. The standard InChI is InChI=1S/C18H19N3O2/c1-2-12-11-19-9-8-15(12)18(23)20-14-6-7-16-13(10-14)4-3-5-17(22)21-16/h6-11H,2-5H2,1H3,(H,20,23)(H,21,22). The topological polar surface area (TPSA) is 71.1 Å². The highest BCUT2D eigenvalue weighted by Crippen LogP contribution is 2.25. The minimum atomic E-state index is -0.137. The largest absolute Gasteiger partial charge is 0.326 e. The maximum absolute atomic E-state index is 12.5. The Bertz CT molecular complexity index is 756. The highest BCUT2D eigenvalue weighted by atomic mass is 16.2. The number of hydrogen-bond donors (Lipinski definition) is 2. The third-order valence-corrected chi connectivity index (χ3v) is 4.02. The summed E-state index contributed by atoms with van der Waals surface area (Å²) in [5.41, 5.74) is 4.20. The maximum atomic E-state index is 12.5. The van der Waals surface area contributed by atoms with E-state index in [2.05, 4.69) is 15.6 Å². The number of pyridine rings is 1. The monoisotopic (exact) mass is 309 g/mol. The molecular formula is C18H19N3O2. The number of rotatable bonds is 3. The third kappa shape index (κ3) is 3.39. The van der Waals surface area contributed by atoms with Crippen molar-refractivity contribution in [2.45, 2.75) is 32.6 Å². The maximum Gasteiger partial charge on any atom is 0.256 e. The predicted molar refractivity (Wildman–Crippen MR) is 89.6 cm³/mol. The molecule has 3 rings (SSSR count). The first-order chi connectivity index (χ1) is 11.2. The van der Waals surface area contributed by atoms with E-state index in [1.807, 2.05) is 25.1 Å². The molecule has 0 bridgehead atoms. The van der Waals surface area contributed by atoms with Gasteiger partial charge in [-0.1, -0.05) is 6.92 Å². The fourth-order valence-electron chi connectivity index (χ4n) is 2.78. The van der Waals surface area contributed by atoms with Crippen LogP contribution >= 0.6 is 0 Å². The number of aromatic nitrogens is 1. The van der Waals surface area contributed by atoms with Crippen LogP contribution in [-0.2, 0) is 17.6 Å². The van der Waals surface area contributed by atoms with Crippen LogP contribution in [0.15, 0.2) is 36.7 Å². The van der Waals surface area contributed by atoms with Crippen molar-refractivity contribution in [2.24, 2.45) is 0 Å². The molecule has 2 heterocycles. The van der Waals surface area contributed by atoms with Gasteiger partial charge in [0.1, 0.15) is 0 Å². The Morgan fingerprint density at radius 3 is 3.00 bits per heavy atom. The predicted octanol–water partition coefficient (Wildman–Crippen LogP) is 3.17. The molecule has 5 nitrogen and oxygen atoms in total. The molecule has 1 aliphatic rings. The van der Waals surface area contributed by atoms with Crippen molar-refractivity contribution in [1.82, 2.24) is 4.98 Å². The van der Waals surface area contributed by atoms with Crippen molar-refractivity contribution >= 4 is 23.2 Å². The summed E-state index contributed by atoms with van der Waals surface area (Å²) in [5, 5.41) is 5.83. The van der Waals surface area contributed by atoms with Gasteiger partial charge in [0, 0.05) is 35.8 Å². The van der Waals surface area contributed by atoms with Crippen molar-refractivity contribution in [3.63, 3.8) is 0 Å². The van der Waals surface area contributed by atoms with Gasteiger partial charge in [0.25, 0.3) is 5.91 Å². The molecule has 118 valence electrons. The number of carbonyl (C=O) groups is 2. The molecule has 1 aromatic carbocycles. The average molecular weight is 309 g/mol. The van der Waals surface area contributed by atoms with Crippen LogP contribution in [0.3, 0.4) is 0 Å². The molecule has 2 aromatic rings. The average Bonchev–Trinajstić information content (AvgIpc) is 2.75. The number of aryl methyl sites for hydroxylation is 2. The summed E-state index contributed by atoms with van der Waals surface area (Å²) in [4.78, 5) is 28.1. The van der Waals surface area contributed by atoms with E-state index in [9.17, 15) is 9.59 Å². The lowest BCUT2D eigenvalue weighted by atomic mass is 10.1. The molecule has 23 heavy (non-hydrogen) atoms. The van der Waals surface area contributed by atoms with Gasteiger partial charge in [0.15, 0.2) is 0 Å². The number of amides is 2. The molecule has 0 aliphatic carbocycles. The lowest BCUT2D eigenvalue weighted by Gasteiger charge is -2.12. The first-order valence-corrected chi connectivity index (χ1v) is 7.84. The first-order valence-electron chi connectivity index (χ1n) is 7.84. The first kappa shape index (κ1) is 15.2. The van der Waals surface area contributed by atoms with Crippen molar-refractivity contribution in [3.05, 3.63) is 53.3 Å². The third-order valence-electron chi connectivity index (χ3n) is 4.02. The van der Waals surface area contributed by atoms with Crippen LogP contribution in [0.25, 0.3) is 0 Å². The Morgan fingerprint density at radius 1 is 1.30 bits per heavy atom. The zero-order chi connectivity index (χ0) is 16.2. The molecule has 1 aliphatic heterocycles. The summed E-state index contributed by atoms with van der Waals surface area (Å²) in [6, 6.07) is 7.33. The summed E-state index contributed by atoms with van der Waals surface area (Å²) in [7, 11) is 0. The van der Waals surface area contributed by atoms with Gasteiger partial charge in [-0.2, -0.15) is 0 Å². The Balaban J connectivity index is 1.82. The van der Waals surface area contributed by atoms with E-state index in [1.165, 1.54) is 0 Å². The SMILES string of the molecule is CCc1cnccc1C(=O)Nc1ccc2c(c1)CCCC(=O)N2.